The van der Waals surface area contributed by atoms with Crippen molar-refractivity contribution in [3.05, 3.63) is 35.9 Å². The Morgan fingerprint density at radius 3 is 2.83 bits per heavy atom. The highest BCUT2D eigenvalue weighted by Gasteiger charge is 2.29. The third-order valence-corrected chi connectivity index (χ3v) is 3.82. The quantitative estimate of drug-likeness (QED) is 0.893. The van der Waals surface area contributed by atoms with Gasteiger partial charge in [-0.2, -0.15) is 5.21 Å². The number of nitrogens with zero attached hydrogens (tertiary/aromatic N) is 4. The van der Waals surface area contributed by atoms with E-state index in [4.69, 9.17) is 0 Å². The number of tetrazole rings is 1. The van der Waals surface area contributed by atoms with Gasteiger partial charge in [0, 0.05) is 17.8 Å². The van der Waals surface area contributed by atoms with Gasteiger partial charge >= 0.3 is 0 Å². The van der Waals surface area contributed by atoms with Crippen LogP contribution in [0, 0.1) is 5.92 Å². The molecule has 0 bridgehead atoms. The summed E-state index contributed by atoms with van der Waals surface area (Å²) in [7, 11) is 0. The van der Waals surface area contributed by atoms with Crippen molar-refractivity contribution >= 4 is 0 Å². The number of hydrogen-bond acceptors (Lipinski definition) is 4. The van der Waals surface area contributed by atoms with Gasteiger partial charge in [-0.25, -0.2) is 0 Å². The molecule has 1 saturated carbocycles. The van der Waals surface area contributed by atoms with Crippen LogP contribution in [0.15, 0.2) is 24.4 Å². The van der Waals surface area contributed by atoms with Gasteiger partial charge in [0.1, 0.15) is 0 Å². The van der Waals surface area contributed by atoms with Crippen LogP contribution < -0.4 is 0 Å². The largest absolute Gasteiger partial charge is 0.261 e. The number of H-pyrrole nitrogens is 1. The number of pyridine rings is 1. The molecule has 5 nitrogen and oxygen atoms in total. The van der Waals surface area contributed by atoms with Crippen molar-refractivity contribution in [3.8, 4) is 0 Å². The van der Waals surface area contributed by atoms with Crippen LogP contribution in [-0.4, -0.2) is 25.6 Å². The molecule has 1 atom stereocenters. The van der Waals surface area contributed by atoms with Crippen LogP contribution in [0.1, 0.15) is 43.1 Å². The lowest BCUT2D eigenvalue weighted by molar-refractivity contribution is 0.412. The summed E-state index contributed by atoms with van der Waals surface area (Å²) < 4.78 is 0. The summed E-state index contributed by atoms with van der Waals surface area (Å²) in [6, 6.07) is 6.05. The summed E-state index contributed by atoms with van der Waals surface area (Å²) in [4.78, 5) is 4.41. The minimum absolute atomic E-state index is 0.348. The predicted octanol–water partition coefficient (Wildman–Crippen LogP) is 2.11. The van der Waals surface area contributed by atoms with E-state index in [9.17, 15) is 0 Å². The first-order valence-electron chi connectivity index (χ1n) is 6.57. The molecule has 5 heteroatoms. The van der Waals surface area contributed by atoms with Crippen LogP contribution in [0.25, 0.3) is 0 Å². The molecule has 1 aliphatic carbocycles. The number of hydrogen-bond donors (Lipinski definition) is 1. The molecule has 1 unspecified atom stereocenters. The first-order chi connectivity index (χ1) is 8.93. The summed E-state index contributed by atoms with van der Waals surface area (Å²) in [6.45, 7) is 0. The second-order valence-electron chi connectivity index (χ2n) is 4.95. The van der Waals surface area contributed by atoms with Gasteiger partial charge in [0.2, 0.25) is 0 Å². The van der Waals surface area contributed by atoms with Crippen LogP contribution in [0.4, 0.5) is 0 Å². The minimum Gasteiger partial charge on any atom is -0.261 e. The molecule has 94 valence electrons. The van der Waals surface area contributed by atoms with Gasteiger partial charge in [-0.1, -0.05) is 24.1 Å². The van der Waals surface area contributed by atoms with Gasteiger partial charge in [0.25, 0.3) is 0 Å². The molecule has 18 heavy (non-hydrogen) atoms. The molecule has 1 N–H and O–H groups in total. The Balaban J connectivity index is 1.81. The zero-order valence-corrected chi connectivity index (χ0v) is 10.3. The average molecular weight is 243 g/mol. The van der Waals surface area contributed by atoms with Crippen LogP contribution in [-0.2, 0) is 6.42 Å². The van der Waals surface area contributed by atoms with Crippen molar-refractivity contribution < 1.29 is 0 Å². The second kappa shape index (κ2) is 5.25. The molecule has 2 aromatic rings. The maximum absolute atomic E-state index is 4.41. The van der Waals surface area contributed by atoms with Crippen molar-refractivity contribution in [1.29, 1.82) is 0 Å². The number of aromatic nitrogens is 5. The second-order valence-corrected chi connectivity index (χ2v) is 4.95. The standard InChI is InChI=1S/C13H17N5/c1-2-6-10(5-1)12(13-15-17-18-16-13)9-11-7-3-4-8-14-11/h3-4,7-8,10,12H,1-2,5-6,9H2,(H,15,16,17,18). The highest BCUT2D eigenvalue weighted by atomic mass is 15.5. The van der Waals surface area contributed by atoms with Gasteiger partial charge in [-0.15, -0.1) is 10.2 Å². The molecular formula is C13H17N5. The smallest absolute Gasteiger partial charge is 0.178 e. The van der Waals surface area contributed by atoms with E-state index in [0.717, 1.165) is 17.9 Å². The lowest BCUT2D eigenvalue weighted by Gasteiger charge is -2.19. The zero-order chi connectivity index (χ0) is 12.2. The Morgan fingerprint density at radius 1 is 1.28 bits per heavy atom. The Kier molecular flexibility index (Phi) is 3.30. The number of aromatic amines is 1. The summed E-state index contributed by atoms with van der Waals surface area (Å²) in [6.07, 6.45) is 7.93. The maximum Gasteiger partial charge on any atom is 0.178 e. The topological polar surface area (TPSA) is 67.3 Å². The normalized spacial score (nSPS) is 18.0. The van der Waals surface area contributed by atoms with Crippen LogP contribution in [0.3, 0.4) is 0 Å². The van der Waals surface area contributed by atoms with Gasteiger partial charge in [0.05, 0.1) is 0 Å². The van der Waals surface area contributed by atoms with E-state index in [0.29, 0.717) is 11.8 Å². The van der Waals surface area contributed by atoms with Crippen molar-refractivity contribution in [2.75, 3.05) is 0 Å². The molecule has 1 fully saturated rings. The van der Waals surface area contributed by atoms with E-state index >= 15 is 0 Å². The molecule has 1 aliphatic rings. The highest BCUT2D eigenvalue weighted by Crippen LogP contribution is 2.37. The Hall–Kier alpha value is -1.78. The van der Waals surface area contributed by atoms with Crippen LogP contribution >= 0.6 is 0 Å². The lowest BCUT2D eigenvalue weighted by Crippen LogP contribution is -2.15. The summed E-state index contributed by atoms with van der Waals surface area (Å²) >= 11 is 0. The van der Waals surface area contributed by atoms with Crippen LogP contribution in [0.5, 0.6) is 0 Å². The first kappa shape index (κ1) is 11.3. The number of nitrogens with one attached hydrogen (secondary N) is 1. The van der Waals surface area contributed by atoms with Gasteiger partial charge in [0.15, 0.2) is 5.82 Å². The summed E-state index contributed by atoms with van der Waals surface area (Å²) in [5.41, 5.74) is 1.11. The number of rotatable bonds is 4. The van der Waals surface area contributed by atoms with E-state index in [1.165, 1.54) is 25.7 Å². The van der Waals surface area contributed by atoms with E-state index in [2.05, 4.69) is 31.7 Å². The van der Waals surface area contributed by atoms with Gasteiger partial charge < -0.3 is 0 Å². The van der Waals surface area contributed by atoms with Crippen molar-refractivity contribution in [2.24, 2.45) is 5.92 Å². The molecular weight excluding hydrogens is 226 g/mol. The van der Waals surface area contributed by atoms with Crippen LogP contribution in [0.2, 0.25) is 0 Å². The molecule has 0 aliphatic heterocycles. The SMILES string of the molecule is c1ccc(CC(c2nn[nH]n2)C2CCCC2)nc1. The van der Waals surface area contributed by atoms with Crippen molar-refractivity contribution in [2.45, 2.75) is 38.0 Å². The highest BCUT2D eigenvalue weighted by molar-refractivity contribution is 5.09. The van der Waals surface area contributed by atoms with Crippen molar-refractivity contribution in [1.82, 2.24) is 25.6 Å². The molecule has 0 amide bonds. The molecule has 0 aromatic carbocycles. The van der Waals surface area contributed by atoms with E-state index < -0.39 is 0 Å². The fraction of sp³-hybridized carbons (Fsp3) is 0.538. The summed E-state index contributed by atoms with van der Waals surface area (Å²) in [5.74, 6) is 1.86. The Bertz CT molecular complexity index is 461. The van der Waals surface area contributed by atoms with E-state index in [1.54, 1.807) is 0 Å². The third-order valence-electron chi connectivity index (χ3n) is 3.82. The lowest BCUT2D eigenvalue weighted by atomic mass is 9.86. The van der Waals surface area contributed by atoms with E-state index in [1.807, 2.05) is 18.3 Å². The first-order valence-corrected chi connectivity index (χ1v) is 6.57. The third kappa shape index (κ3) is 2.39. The van der Waals surface area contributed by atoms with E-state index in [-0.39, 0.29) is 0 Å². The molecule has 0 spiro atoms. The predicted molar refractivity (Wildman–Crippen MR) is 66.8 cm³/mol. The fourth-order valence-corrected chi connectivity index (χ4v) is 2.90. The molecule has 2 aromatic heterocycles. The van der Waals surface area contributed by atoms with Gasteiger partial charge in [-0.3, -0.25) is 4.98 Å². The van der Waals surface area contributed by atoms with Gasteiger partial charge in [-0.05, 0) is 37.3 Å². The zero-order valence-electron chi connectivity index (χ0n) is 10.3. The maximum atomic E-state index is 4.41. The molecule has 0 radical (unpaired) electrons. The molecule has 2 heterocycles. The van der Waals surface area contributed by atoms with Crippen molar-refractivity contribution in [3.63, 3.8) is 0 Å². The Morgan fingerprint density at radius 2 is 2.17 bits per heavy atom. The molecule has 0 saturated heterocycles. The Labute approximate surface area is 106 Å². The minimum atomic E-state index is 0.348. The summed E-state index contributed by atoms with van der Waals surface area (Å²) in [5, 5.41) is 14.6. The average Bonchev–Trinajstić information content (AvgIpc) is 3.11. The monoisotopic (exact) mass is 243 g/mol. The molecule has 3 rings (SSSR count). The fourth-order valence-electron chi connectivity index (χ4n) is 2.90.